The van der Waals surface area contributed by atoms with Crippen molar-refractivity contribution in [2.45, 2.75) is 32.7 Å². The Morgan fingerprint density at radius 2 is 2.12 bits per heavy atom. The van der Waals surface area contributed by atoms with E-state index in [9.17, 15) is 4.79 Å². The summed E-state index contributed by atoms with van der Waals surface area (Å²) >= 11 is 1.63. The van der Waals surface area contributed by atoms with Crippen molar-refractivity contribution in [3.8, 4) is 11.5 Å². The highest BCUT2D eigenvalue weighted by atomic mass is 32.1. The van der Waals surface area contributed by atoms with Gasteiger partial charge in [-0.05, 0) is 38.5 Å². The Kier molecular flexibility index (Phi) is 4.76. The predicted octanol–water partition coefficient (Wildman–Crippen LogP) is 3.20. The van der Waals surface area contributed by atoms with E-state index in [2.05, 4.69) is 10.3 Å². The summed E-state index contributed by atoms with van der Waals surface area (Å²) in [6.45, 7) is 4.53. The number of nitrogens with one attached hydrogen (secondary N) is 1. The highest BCUT2D eigenvalue weighted by Gasteiger charge is 2.45. The Morgan fingerprint density at radius 1 is 1.33 bits per heavy atom. The molecule has 1 aromatic carbocycles. The molecule has 3 rings (SSSR count). The maximum Gasteiger partial charge on any atom is 0.224 e. The molecule has 1 fully saturated rings. The number of aryl methyl sites for hydroxylation is 2. The second-order valence-corrected chi connectivity index (χ2v) is 7.31. The molecule has 0 radical (unpaired) electrons. The van der Waals surface area contributed by atoms with Crippen LogP contribution >= 0.6 is 11.3 Å². The highest BCUT2D eigenvalue weighted by molar-refractivity contribution is 7.11. The molecule has 2 atom stereocenters. The van der Waals surface area contributed by atoms with E-state index in [0.29, 0.717) is 6.54 Å². The van der Waals surface area contributed by atoms with Gasteiger partial charge >= 0.3 is 0 Å². The number of amides is 1. The number of hydrogen-bond donors (Lipinski definition) is 1. The number of benzene rings is 1. The van der Waals surface area contributed by atoms with Gasteiger partial charge in [0.25, 0.3) is 0 Å². The van der Waals surface area contributed by atoms with E-state index in [1.807, 2.05) is 32.0 Å². The third-order valence-electron chi connectivity index (χ3n) is 4.45. The van der Waals surface area contributed by atoms with Gasteiger partial charge in [0, 0.05) is 22.3 Å². The van der Waals surface area contributed by atoms with E-state index in [1.165, 1.54) is 4.88 Å². The molecule has 0 spiro atoms. The van der Waals surface area contributed by atoms with Gasteiger partial charge in [0.15, 0.2) is 0 Å². The normalized spacial score (nSPS) is 19.0. The van der Waals surface area contributed by atoms with Crippen molar-refractivity contribution in [1.29, 1.82) is 0 Å². The van der Waals surface area contributed by atoms with Gasteiger partial charge in [-0.2, -0.15) is 0 Å². The van der Waals surface area contributed by atoms with Crippen molar-refractivity contribution in [3.63, 3.8) is 0 Å². The number of rotatable bonds is 6. The molecular weight excluding hydrogens is 324 g/mol. The summed E-state index contributed by atoms with van der Waals surface area (Å²) in [6, 6.07) is 5.72. The smallest absolute Gasteiger partial charge is 0.224 e. The lowest BCUT2D eigenvalue weighted by molar-refractivity contribution is -0.122. The standard InChI is InChI=1S/C18H22N2O3S/c1-10-11(2)24-17(20-10)9-19-18(21)15-8-13(15)14-7-12(22-3)5-6-16(14)23-4/h5-7,13,15H,8-9H2,1-4H3,(H,19,21)/t13-,15-/m0/s1. The number of aromatic nitrogens is 1. The van der Waals surface area contributed by atoms with Crippen molar-refractivity contribution >= 4 is 17.2 Å². The van der Waals surface area contributed by atoms with E-state index in [1.54, 1.807) is 25.6 Å². The zero-order valence-electron chi connectivity index (χ0n) is 14.4. The summed E-state index contributed by atoms with van der Waals surface area (Å²) in [7, 11) is 3.29. The van der Waals surface area contributed by atoms with E-state index in [0.717, 1.165) is 34.2 Å². The average molecular weight is 346 g/mol. The molecule has 1 aliphatic rings. The molecule has 6 heteroatoms. The third kappa shape index (κ3) is 3.38. The lowest BCUT2D eigenvalue weighted by Gasteiger charge is -2.10. The van der Waals surface area contributed by atoms with Gasteiger partial charge < -0.3 is 14.8 Å². The molecule has 1 aliphatic carbocycles. The van der Waals surface area contributed by atoms with Crippen LogP contribution in [-0.2, 0) is 11.3 Å². The number of hydrogen-bond acceptors (Lipinski definition) is 5. The summed E-state index contributed by atoms with van der Waals surface area (Å²) in [5.74, 6) is 1.85. The summed E-state index contributed by atoms with van der Waals surface area (Å²) in [5, 5.41) is 3.96. The van der Waals surface area contributed by atoms with Crippen LogP contribution < -0.4 is 14.8 Å². The lowest BCUT2D eigenvalue weighted by atomic mass is 10.1. The average Bonchev–Trinajstić information content (AvgIpc) is 3.32. The van der Waals surface area contributed by atoms with Crippen LogP contribution in [0.3, 0.4) is 0 Å². The van der Waals surface area contributed by atoms with Crippen molar-refractivity contribution in [2.24, 2.45) is 5.92 Å². The van der Waals surface area contributed by atoms with E-state index < -0.39 is 0 Å². The molecule has 1 aromatic heterocycles. The first-order valence-electron chi connectivity index (χ1n) is 7.96. The third-order valence-corrected chi connectivity index (χ3v) is 5.52. The topological polar surface area (TPSA) is 60.5 Å². The SMILES string of the molecule is COc1ccc(OC)c([C@@H]2C[C@@H]2C(=O)NCc2nc(C)c(C)s2)c1. The van der Waals surface area contributed by atoms with Crippen LogP contribution in [-0.4, -0.2) is 25.1 Å². The van der Waals surface area contributed by atoms with Crippen molar-refractivity contribution in [3.05, 3.63) is 39.3 Å². The highest BCUT2D eigenvalue weighted by Crippen LogP contribution is 2.51. The second-order valence-electron chi connectivity index (χ2n) is 6.02. The molecule has 5 nitrogen and oxygen atoms in total. The molecule has 128 valence electrons. The first-order valence-corrected chi connectivity index (χ1v) is 8.77. The van der Waals surface area contributed by atoms with Crippen LogP contribution in [0.15, 0.2) is 18.2 Å². The second kappa shape index (κ2) is 6.81. The summed E-state index contributed by atoms with van der Waals surface area (Å²) in [4.78, 5) is 18.1. The van der Waals surface area contributed by atoms with Gasteiger partial charge in [0.05, 0.1) is 26.5 Å². The zero-order valence-corrected chi connectivity index (χ0v) is 15.2. The predicted molar refractivity (Wildman–Crippen MR) is 93.8 cm³/mol. The fourth-order valence-electron chi connectivity index (χ4n) is 2.87. The molecule has 2 aromatic rings. The first-order chi connectivity index (χ1) is 11.5. The Hall–Kier alpha value is -2.08. The number of methoxy groups -OCH3 is 2. The van der Waals surface area contributed by atoms with Crippen LogP contribution in [0, 0.1) is 19.8 Å². The van der Waals surface area contributed by atoms with Gasteiger partial charge in [-0.25, -0.2) is 4.98 Å². The van der Waals surface area contributed by atoms with Gasteiger partial charge in [-0.15, -0.1) is 11.3 Å². The Morgan fingerprint density at radius 3 is 2.75 bits per heavy atom. The number of nitrogens with zero attached hydrogens (tertiary/aromatic N) is 1. The molecule has 0 unspecified atom stereocenters. The monoisotopic (exact) mass is 346 g/mol. The Labute approximate surface area is 146 Å². The van der Waals surface area contributed by atoms with Crippen molar-refractivity contribution in [2.75, 3.05) is 14.2 Å². The van der Waals surface area contributed by atoms with Gasteiger partial charge in [-0.1, -0.05) is 0 Å². The minimum absolute atomic E-state index is 0.00633. The van der Waals surface area contributed by atoms with Crippen molar-refractivity contribution < 1.29 is 14.3 Å². The molecule has 1 heterocycles. The molecule has 1 amide bonds. The zero-order chi connectivity index (χ0) is 17.3. The lowest BCUT2D eigenvalue weighted by Crippen LogP contribution is -2.24. The summed E-state index contributed by atoms with van der Waals surface area (Å²) < 4.78 is 10.7. The minimum Gasteiger partial charge on any atom is -0.497 e. The molecule has 0 aliphatic heterocycles. The van der Waals surface area contributed by atoms with Crippen LogP contribution in [0.5, 0.6) is 11.5 Å². The molecular formula is C18H22N2O3S. The van der Waals surface area contributed by atoms with Gasteiger partial charge in [-0.3, -0.25) is 4.79 Å². The molecule has 0 saturated heterocycles. The number of ether oxygens (including phenoxy) is 2. The Balaban J connectivity index is 1.63. The first kappa shape index (κ1) is 16.8. The van der Waals surface area contributed by atoms with E-state index in [4.69, 9.17) is 9.47 Å². The maximum absolute atomic E-state index is 12.4. The van der Waals surface area contributed by atoms with Crippen molar-refractivity contribution in [1.82, 2.24) is 10.3 Å². The minimum atomic E-state index is -0.00633. The van der Waals surface area contributed by atoms with Crippen LogP contribution in [0.4, 0.5) is 0 Å². The fraction of sp³-hybridized carbons (Fsp3) is 0.444. The molecule has 24 heavy (non-hydrogen) atoms. The van der Waals surface area contributed by atoms with E-state index >= 15 is 0 Å². The maximum atomic E-state index is 12.4. The molecule has 1 saturated carbocycles. The number of carbonyl (C=O) groups excluding carboxylic acids is 1. The number of thiazole rings is 1. The quantitative estimate of drug-likeness (QED) is 0.872. The summed E-state index contributed by atoms with van der Waals surface area (Å²) in [5.41, 5.74) is 2.08. The van der Waals surface area contributed by atoms with Gasteiger partial charge in [0.2, 0.25) is 5.91 Å². The van der Waals surface area contributed by atoms with Crippen LogP contribution in [0.25, 0.3) is 0 Å². The molecule has 1 N–H and O–H groups in total. The van der Waals surface area contributed by atoms with Crippen LogP contribution in [0.1, 0.15) is 33.5 Å². The number of carbonyl (C=O) groups is 1. The Bertz CT molecular complexity index is 737. The summed E-state index contributed by atoms with van der Waals surface area (Å²) in [6.07, 6.45) is 0.839. The van der Waals surface area contributed by atoms with Crippen LogP contribution in [0.2, 0.25) is 0 Å². The van der Waals surface area contributed by atoms with E-state index in [-0.39, 0.29) is 17.7 Å². The largest absolute Gasteiger partial charge is 0.497 e. The molecule has 0 bridgehead atoms. The van der Waals surface area contributed by atoms with Gasteiger partial charge in [0.1, 0.15) is 16.5 Å². The fourth-order valence-corrected chi connectivity index (χ4v) is 3.74.